The first kappa shape index (κ1) is 21.5. The van der Waals surface area contributed by atoms with Crippen molar-refractivity contribution in [3.63, 3.8) is 0 Å². The van der Waals surface area contributed by atoms with Gasteiger partial charge in [-0.1, -0.05) is 26.0 Å². The fourth-order valence-electron chi connectivity index (χ4n) is 2.69. The maximum atomic E-state index is 13.9. The van der Waals surface area contributed by atoms with Crippen LogP contribution in [0.4, 0.5) is 4.39 Å². The summed E-state index contributed by atoms with van der Waals surface area (Å²) >= 11 is 0. The number of sulfonamides is 1. The van der Waals surface area contributed by atoms with Crippen molar-refractivity contribution in [1.82, 2.24) is 15.6 Å². The molecule has 1 heterocycles. The fraction of sp³-hybridized carbons (Fsp3) is 0.263. The van der Waals surface area contributed by atoms with E-state index in [2.05, 4.69) is 15.6 Å². The molecule has 0 aliphatic carbocycles. The molecule has 2 aromatic rings. The zero-order valence-electron chi connectivity index (χ0n) is 16.1. The van der Waals surface area contributed by atoms with Crippen molar-refractivity contribution in [2.75, 3.05) is 6.79 Å². The summed E-state index contributed by atoms with van der Waals surface area (Å²) in [5, 5.41) is 0. The number of nitrogens with one attached hydrogen (secondary N) is 3. The number of halogens is 1. The molecule has 3 rings (SSSR count). The first-order valence-corrected chi connectivity index (χ1v) is 10.4. The number of hydrogen-bond donors (Lipinski definition) is 3. The first-order chi connectivity index (χ1) is 14.2. The molecule has 0 aromatic heterocycles. The minimum Gasteiger partial charge on any atom is -0.454 e. The molecule has 0 spiro atoms. The highest BCUT2D eigenvalue weighted by molar-refractivity contribution is 7.89. The summed E-state index contributed by atoms with van der Waals surface area (Å²) < 4.78 is 51.4. The number of benzene rings is 2. The molecule has 2 amide bonds. The van der Waals surface area contributed by atoms with Crippen molar-refractivity contribution < 1.29 is 31.9 Å². The second-order valence-electron chi connectivity index (χ2n) is 6.78. The summed E-state index contributed by atoms with van der Waals surface area (Å²) in [6, 6.07) is 8.05. The molecular weight excluding hydrogens is 417 g/mol. The van der Waals surface area contributed by atoms with Crippen LogP contribution in [0.15, 0.2) is 47.4 Å². The van der Waals surface area contributed by atoms with E-state index in [-0.39, 0.29) is 12.4 Å². The Bertz CT molecular complexity index is 1070. The van der Waals surface area contributed by atoms with E-state index < -0.39 is 44.5 Å². The van der Waals surface area contributed by atoms with Crippen LogP contribution in [-0.4, -0.2) is 33.1 Å². The van der Waals surface area contributed by atoms with E-state index >= 15 is 0 Å². The van der Waals surface area contributed by atoms with Crippen molar-refractivity contribution in [2.24, 2.45) is 5.92 Å². The van der Waals surface area contributed by atoms with Gasteiger partial charge in [-0.05, 0) is 36.2 Å². The smallest absolute Gasteiger partial charge is 0.269 e. The molecule has 0 unspecified atom stereocenters. The second-order valence-corrected chi connectivity index (χ2v) is 8.47. The highest BCUT2D eigenvalue weighted by atomic mass is 32.2. The van der Waals surface area contributed by atoms with E-state index in [0.717, 1.165) is 12.1 Å². The van der Waals surface area contributed by atoms with Crippen LogP contribution in [0.3, 0.4) is 0 Å². The monoisotopic (exact) mass is 437 g/mol. The summed E-state index contributed by atoms with van der Waals surface area (Å²) in [6.07, 6.45) is 0. The predicted octanol–water partition coefficient (Wildman–Crippen LogP) is 1.32. The Hall–Kier alpha value is -3.18. The average molecular weight is 437 g/mol. The molecule has 3 N–H and O–H groups in total. The van der Waals surface area contributed by atoms with E-state index in [1.807, 2.05) is 0 Å². The quantitative estimate of drug-likeness (QED) is 0.586. The lowest BCUT2D eigenvalue weighted by atomic mass is 10.1. The Labute approximate surface area is 172 Å². The van der Waals surface area contributed by atoms with Gasteiger partial charge in [-0.3, -0.25) is 20.4 Å². The molecule has 1 aliphatic heterocycles. The van der Waals surface area contributed by atoms with Crippen LogP contribution < -0.4 is 25.0 Å². The zero-order chi connectivity index (χ0) is 21.9. The average Bonchev–Trinajstić information content (AvgIpc) is 3.18. The summed E-state index contributed by atoms with van der Waals surface area (Å²) in [5.74, 6) is -1.98. The maximum absolute atomic E-state index is 13.9. The standard InChI is InChI=1S/C19H20FN3O6S/c1-11(2)17(23-30(26,27)16-6-4-3-5-13(16)20)19(25)22-21-18(24)12-7-8-14-15(9-12)29-10-28-14/h3-9,11,17,23H,10H2,1-2H3,(H,21,24)(H,22,25)/t17-/m0/s1. The van der Waals surface area contributed by atoms with Crippen LogP contribution in [0, 0.1) is 11.7 Å². The number of hydrogen-bond acceptors (Lipinski definition) is 6. The molecule has 0 saturated carbocycles. The Balaban J connectivity index is 1.67. The minimum absolute atomic E-state index is 0.0510. The van der Waals surface area contributed by atoms with Gasteiger partial charge in [-0.15, -0.1) is 0 Å². The van der Waals surface area contributed by atoms with Gasteiger partial charge in [0.1, 0.15) is 16.8 Å². The lowest BCUT2D eigenvalue weighted by molar-refractivity contribution is -0.124. The van der Waals surface area contributed by atoms with E-state index in [4.69, 9.17) is 9.47 Å². The molecule has 0 fully saturated rings. The van der Waals surface area contributed by atoms with Gasteiger partial charge in [0.05, 0.1) is 0 Å². The topological polar surface area (TPSA) is 123 Å². The summed E-state index contributed by atoms with van der Waals surface area (Å²) in [5.41, 5.74) is 4.61. The van der Waals surface area contributed by atoms with Crippen LogP contribution in [0.5, 0.6) is 11.5 Å². The second kappa shape index (κ2) is 8.67. The normalized spacial score (nSPS) is 13.7. The van der Waals surface area contributed by atoms with Gasteiger partial charge in [-0.2, -0.15) is 4.72 Å². The van der Waals surface area contributed by atoms with Crippen LogP contribution in [-0.2, 0) is 14.8 Å². The highest BCUT2D eigenvalue weighted by Crippen LogP contribution is 2.32. The number of carbonyl (C=O) groups excluding carboxylic acids is 2. The predicted molar refractivity (Wildman–Crippen MR) is 104 cm³/mol. The van der Waals surface area contributed by atoms with Gasteiger partial charge in [0.25, 0.3) is 11.8 Å². The molecule has 1 aliphatic rings. The summed E-state index contributed by atoms with van der Waals surface area (Å²) in [4.78, 5) is 24.2. The van der Waals surface area contributed by atoms with Gasteiger partial charge >= 0.3 is 0 Å². The number of ether oxygens (including phenoxy) is 2. The molecule has 0 radical (unpaired) electrons. The van der Waals surface area contributed by atoms with Crippen molar-refractivity contribution >= 4 is 21.8 Å². The maximum Gasteiger partial charge on any atom is 0.269 e. The summed E-state index contributed by atoms with van der Waals surface area (Å²) in [6.45, 7) is 3.26. The number of carbonyl (C=O) groups is 2. The Kier molecular flexibility index (Phi) is 6.22. The van der Waals surface area contributed by atoms with E-state index in [1.54, 1.807) is 19.9 Å². The Morgan fingerprint density at radius 2 is 1.73 bits per heavy atom. The minimum atomic E-state index is -4.31. The van der Waals surface area contributed by atoms with Crippen molar-refractivity contribution in [3.05, 3.63) is 53.8 Å². The molecule has 160 valence electrons. The SMILES string of the molecule is CC(C)[C@H](NS(=O)(=O)c1ccccc1F)C(=O)NNC(=O)c1ccc2c(c1)OCO2. The van der Waals surface area contributed by atoms with Crippen molar-refractivity contribution in [2.45, 2.75) is 24.8 Å². The first-order valence-electron chi connectivity index (χ1n) is 8.96. The number of amides is 2. The van der Waals surface area contributed by atoms with Crippen LogP contribution in [0.1, 0.15) is 24.2 Å². The molecule has 0 bridgehead atoms. The van der Waals surface area contributed by atoms with Crippen LogP contribution in [0.25, 0.3) is 0 Å². The molecule has 1 atom stereocenters. The third kappa shape index (κ3) is 4.69. The molecule has 0 saturated heterocycles. The fourth-order valence-corrected chi connectivity index (χ4v) is 4.11. The van der Waals surface area contributed by atoms with Crippen LogP contribution in [0.2, 0.25) is 0 Å². The zero-order valence-corrected chi connectivity index (χ0v) is 17.0. The van der Waals surface area contributed by atoms with Gasteiger partial charge in [-0.25, -0.2) is 12.8 Å². The van der Waals surface area contributed by atoms with Gasteiger partial charge < -0.3 is 9.47 Å². The summed E-state index contributed by atoms with van der Waals surface area (Å²) in [7, 11) is -4.31. The molecule has 11 heteroatoms. The van der Waals surface area contributed by atoms with E-state index in [0.29, 0.717) is 11.5 Å². The Morgan fingerprint density at radius 1 is 1.03 bits per heavy atom. The lowest BCUT2D eigenvalue weighted by Gasteiger charge is -2.22. The number of rotatable bonds is 6. The molecular formula is C19H20FN3O6S. The third-order valence-electron chi connectivity index (χ3n) is 4.29. The van der Waals surface area contributed by atoms with Crippen LogP contribution >= 0.6 is 0 Å². The van der Waals surface area contributed by atoms with Gasteiger partial charge in [0.2, 0.25) is 16.8 Å². The largest absolute Gasteiger partial charge is 0.454 e. The van der Waals surface area contributed by atoms with Crippen molar-refractivity contribution in [1.29, 1.82) is 0 Å². The van der Waals surface area contributed by atoms with E-state index in [1.165, 1.54) is 24.3 Å². The van der Waals surface area contributed by atoms with E-state index in [9.17, 15) is 22.4 Å². The number of hydrazine groups is 1. The van der Waals surface area contributed by atoms with Gasteiger partial charge in [0, 0.05) is 5.56 Å². The third-order valence-corrected chi connectivity index (χ3v) is 5.77. The molecule has 30 heavy (non-hydrogen) atoms. The number of fused-ring (bicyclic) bond motifs is 1. The van der Waals surface area contributed by atoms with Crippen molar-refractivity contribution in [3.8, 4) is 11.5 Å². The molecule has 2 aromatic carbocycles. The molecule has 9 nitrogen and oxygen atoms in total. The van der Waals surface area contributed by atoms with Gasteiger partial charge in [0.15, 0.2) is 11.5 Å². The highest BCUT2D eigenvalue weighted by Gasteiger charge is 2.30. The Morgan fingerprint density at radius 3 is 2.43 bits per heavy atom. The lowest BCUT2D eigenvalue weighted by Crippen LogP contribution is -2.54.